The van der Waals surface area contributed by atoms with Gasteiger partial charge in [0.25, 0.3) is 0 Å². The van der Waals surface area contributed by atoms with Gasteiger partial charge in [0.15, 0.2) is 0 Å². The van der Waals surface area contributed by atoms with Crippen LogP contribution >= 0.6 is 15.9 Å². The zero-order valence-corrected chi connectivity index (χ0v) is 15.3. The number of benzene rings is 1. The molecule has 2 aromatic rings. The zero-order valence-electron chi connectivity index (χ0n) is 13.7. The van der Waals surface area contributed by atoms with E-state index in [4.69, 9.17) is 0 Å². The summed E-state index contributed by atoms with van der Waals surface area (Å²) in [4.78, 5) is 12.2. The van der Waals surface area contributed by atoms with E-state index in [2.05, 4.69) is 43.8 Å². The lowest BCUT2D eigenvalue weighted by Gasteiger charge is -2.22. The highest BCUT2D eigenvalue weighted by atomic mass is 79.9. The van der Waals surface area contributed by atoms with Crippen LogP contribution in [-0.4, -0.2) is 28.8 Å². The molecule has 2 heterocycles. The monoisotopic (exact) mass is 390 g/mol. The largest absolute Gasteiger partial charge is 0.317 e. The van der Waals surface area contributed by atoms with E-state index < -0.39 is 0 Å². The number of carbonyl (C=O) groups excluding carboxylic acids is 1. The maximum absolute atomic E-state index is 12.2. The fourth-order valence-electron chi connectivity index (χ4n) is 3.08. The molecule has 24 heavy (non-hydrogen) atoms. The third kappa shape index (κ3) is 4.92. The van der Waals surface area contributed by atoms with Gasteiger partial charge >= 0.3 is 0 Å². The van der Waals surface area contributed by atoms with E-state index in [0.29, 0.717) is 18.9 Å². The van der Waals surface area contributed by atoms with Crippen LogP contribution < -0.4 is 10.6 Å². The van der Waals surface area contributed by atoms with E-state index in [0.717, 1.165) is 35.4 Å². The van der Waals surface area contributed by atoms with Crippen molar-refractivity contribution in [3.8, 4) is 0 Å². The topological polar surface area (TPSA) is 59.0 Å². The van der Waals surface area contributed by atoms with Crippen molar-refractivity contribution in [1.29, 1.82) is 0 Å². The standard InChI is InChI=1S/C18H23BrN4O/c19-16-3-1-2-15(12-16)13-23-17(8-11-21-23)22-18(24)5-4-14-6-9-20-10-7-14/h1-3,8,11-12,14,20H,4-7,9-10,13H2,(H,22,24). The summed E-state index contributed by atoms with van der Waals surface area (Å²) in [5.41, 5.74) is 1.14. The molecule has 1 fully saturated rings. The van der Waals surface area contributed by atoms with E-state index in [1.807, 2.05) is 22.9 Å². The van der Waals surface area contributed by atoms with Gasteiger partial charge in [-0.05, 0) is 56.0 Å². The molecule has 1 amide bonds. The minimum absolute atomic E-state index is 0.0736. The molecule has 0 radical (unpaired) electrons. The van der Waals surface area contributed by atoms with Crippen LogP contribution in [0.3, 0.4) is 0 Å². The second-order valence-electron chi connectivity index (χ2n) is 6.28. The van der Waals surface area contributed by atoms with Crippen molar-refractivity contribution >= 4 is 27.7 Å². The van der Waals surface area contributed by atoms with Gasteiger partial charge in [0.1, 0.15) is 5.82 Å². The molecule has 3 rings (SSSR count). The Labute approximate surface area is 151 Å². The van der Waals surface area contributed by atoms with Gasteiger partial charge in [0, 0.05) is 17.0 Å². The fraction of sp³-hybridized carbons (Fsp3) is 0.444. The molecule has 0 saturated carbocycles. The van der Waals surface area contributed by atoms with E-state index >= 15 is 0 Å². The Balaban J connectivity index is 1.53. The average Bonchev–Trinajstić information content (AvgIpc) is 3.01. The molecule has 5 nitrogen and oxygen atoms in total. The van der Waals surface area contributed by atoms with Crippen LogP contribution in [0.15, 0.2) is 41.0 Å². The highest BCUT2D eigenvalue weighted by molar-refractivity contribution is 9.10. The smallest absolute Gasteiger partial charge is 0.225 e. The number of anilines is 1. The number of carbonyl (C=O) groups is 1. The maximum atomic E-state index is 12.2. The lowest BCUT2D eigenvalue weighted by molar-refractivity contribution is -0.116. The Morgan fingerprint density at radius 3 is 2.96 bits per heavy atom. The predicted molar refractivity (Wildman–Crippen MR) is 98.9 cm³/mol. The molecule has 1 aliphatic rings. The second kappa shape index (κ2) is 8.44. The number of nitrogens with one attached hydrogen (secondary N) is 2. The minimum atomic E-state index is 0.0736. The Morgan fingerprint density at radius 2 is 2.17 bits per heavy atom. The van der Waals surface area contributed by atoms with Crippen molar-refractivity contribution in [3.05, 3.63) is 46.6 Å². The third-order valence-corrected chi connectivity index (χ3v) is 4.94. The summed E-state index contributed by atoms with van der Waals surface area (Å²) in [6, 6.07) is 9.95. The molecule has 1 aromatic carbocycles. The molecule has 1 saturated heterocycles. The number of amides is 1. The summed E-state index contributed by atoms with van der Waals surface area (Å²) < 4.78 is 2.87. The Morgan fingerprint density at radius 1 is 1.33 bits per heavy atom. The predicted octanol–water partition coefficient (Wildman–Crippen LogP) is 3.41. The number of nitrogens with zero attached hydrogens (tertiary/aromatic N) is 2. The fourth-order valence-corrected chi connectivity index (χ4v) is 3.53. The maximum Gasteiger partial charge on any atom is 0.225 e. The van der Waals surface area contributed by atoms with Gasteiger partial charge in [-0.2, -0.15) is 5.10 Å². The van der Waals surface area contributed by atoms with Gasteiger partial charge in [0.2, 0.25) is 5.91 Å². The highest BCUT2D eigenvalue weighted by Crippen LogP contribution is 2.19. The van der Waals surface area contributed by atoms with Crippen LogP contribution in [0, 0.1) is 5.92 Å². The number of halogens is 1. The summed E-state index contributed by atoms with van der Waals surface area (Å²) in [7, 11) is 0. The molecule has 6 heteroatoms. The van der Waals surface area contributed by atoms with E-state index in [1.165, 1.54) is 12.8 Å². The van der Waals surface area contributed by atoms with E-state index in [9.17, 15) is 4.79 Å². The quantitative estimate of drug-likeness (QED) is 0.794. The molecule has 2 N–H and O–H groups in total. The van der Waals surface area contributed by atoms with Crippen molar-refractivity contribution in [2.45, 2.75) is 32.2 Å². The average molecular weight is 391 g/mol. The number of piperidine rings is 1. The van der Waals surface area contributed by atoms with Gasteiger partial charge in [-0.25, -0.2) is 4.68 Å². The molecule has 0 spiro atoms. The van der Waals surface area contributed by atoms with E-state index in [1.54, 1.807) is 6.20 Å². The van der Waals surface area contributed by atoms with Crippen LogP contribution in [0.1, 0.15) is 31.2 Å². The van der Waals surface area contributed by atoms with Gasteiger partial charge in [0.05, 0.1) is 12.7 Å². The first-order valence-corrected chi connectivity index (χ1v) is 9.27. The molecule has 1 aliphatic heterocycles. The Bertz CT molecular complexity index is 679. The van der Waals surface area contributed by atoms with Crippen LogP contribution in [0.25, 0.3) is 0 Å². The van der Waals surface area contributed by atoms with Gasteiger partial charge in [-0.15, -0.1) is 0 Å². The van der Waals surface area contributed by atoms with E-state index in [-0.39, 0.29) is 5.91 Å². The highest BCUT2D eigenvalue weighted by Gasteiger charge is 2.15. The van der Waals surface area contributed by atoms with Crippen molar-refractivity contribution in [1.82, 2.24) is 15.1 Å². The summed E-state index contributed by atoms with van der Waals surface area (Å²) >= 11 is 3.48. The first-order chi connectivity index (χ1) is 11.7. The van der Waals surface area contributed by atoms with Gasteiger partial charge < -0.3 is 10.6 Å². The van der Waals surface area contributed by atoms with Crippen LogP contribution in [0.2, 0.25) is 0 Å². The Kier molecular flexibility index (Phi) is 6.04. The van der Waals surface area contributed by atoms with Crippen molar-refractivity contribution in [3.63, 3.8) is 0 Å². The zero-order chi connectivity index (χ0) is 16.8. The van der Waals surface area contributed by atoms with Crippen molar-refractivity contribution in [2.75, 3.05) is 18.4 Å². The third-order valence-electron chi connectivity index (χ3n) is 4.44. The summed E-state index contributed by atoms with van der Waals surface area (Å²) in [6.07, 6.45) is 5.61. The number of hydrogen-bond acceptors (Lipinski definition) is 3. The molecule has 0 bridgehead atoms. The number of aromatic nitrogens is 2. The van der Waals surface area contributed by atoms with Crippen LogP contribution in [0.4, 0.5) is 5.82 Å². The molecule has 0 atom stereocenters. The summed E-state index contributed by atoms with van der Waals surface area (Å²) in [5, 5.41) is 10.7. The number of rotatable bonds is 6. The number of hydrogen-bond donors (Lipinski definition) is 2. The first kappa shape index (κ1) is 17.2. The molecule has 128 valence electrons. The summed E-state index contributed by atoms with van der Waals surface area (Å²) in [5.74, 6) is 1.50. The first-order valence-electron chi connectivity index (χ1n) is 8.47. The lowest BCUT2D eigenvalue weighted by atomic mass is 9.93. The molecular weight excluding hydrogens is 368 g/mol. The van der Waals surface area contributed by atoms with Gasteiger partial charge in [-0.3, -0.25) is 4.79 Å². The molecule has 1 aromatic heterocycles. The van der Waals surface area contributed by atoms with Crippen molar-refractivity contribution < 1.29 is 4.79 Å². The molecule has 0 unspecified atom stereocenters. The minimum Gasteiger partial charge on any atom is -0.317 e. The Hall–Kier alpha value is -1.66. The van der Waals surface area contributed by atoms with Gasteiger partial charge in [-0.1, -0.05) is 28.1 Å². The molecule has 0 aliphatic carbocycles. The molecular formula is C18H23BrN4O. The van der Waals surface area contributed by atoms with Crippen LogP contribution in [0.5, 0.6) is 0 Å². The lowest BCUT2D eigenvalue weighted by Crippen LogP contribution is -2.28. The second-order valence-corrected chi connectivity index (χ2v) is 7.20. The SMILES string of the molecule is O=C(CCC1CCNCC1)Nc1ccnn1Cc1cccc(Br)c1. The summed E-state index contributed by atoms with van der Waals surface area (Å²) in [6.45, 7) is 2.79. The van der Waals surface area contributed by atoms with Crippen molar-refractivity contribution in [2.24, 2.45) is 5.92 Å². The van der Waals surface area contributed by atoms with Crippen LogP contribution in [-0.2, 0) is 11.3 Å². The normalized spacial score (nSPS) is 15.4.